The molecule has 158 valence electrons. The van der Waals surface area contributed by atoms with Gasteiger partial charge < -0.3 is 0 Å². The first-order valence-corrected chi connectivity index (χ1v) is 11.3. The van der Waals surface area contributed by atoms with Gasteiger partial charge in [-0.25, -0.2) is 0 Å². The number of rotatable bonds is 5. The van der Waals surface area contributed by atoms with Gasteiger partial charge in [0.25, 0.3) is 0 Å². The van der Waals surface area contributed by atoms with Crippen LogP contribution in [-0.4, -0.2) is 0 Å². The largest absolute Gasteiger partial charge is 0.0905 e. The average Bonchev–Trinajstić information content (AvgIpc) is 2.90. The lowest BCUT2D eigenvalue weighted by Crippen LogP contribution is -1.92. The summed E-state index contributed by atoms with van der Waals surface area (Å²) >= 11 is 0. The second-order valence-corrected chi connectivity index (χ2v) is 8.40. The van der Waals surface area contributed by atoms with Crippen molar-refractivity contribution >= 4 is 5.57 Å². The van der Waals surface area contributed by atoms with Crippen LogP contribution in [0.1, 0.15) is 16.7 Å². The van der Waals surface area contributed by atoms with Crippen molar-refractivity contribution in [1.29, 1.82) is 0 Å². The molecule has 0 saturated heterocycles. The molecule has 0 N–H and O–H groups in total. The maximum absolute atomic E-state index is 4.48. The van der Waals surface area contributed by atoms with Gasteiger partial charge >= 0.3 is 0 Å². The van der Waals surface area contributed by atoms with Crippen molar-refractivity contribution in [2.24, 2.45) is 0 Å². The summed E-state index contributed by atoms with van der Waals surface area (Å²) in [6.45, 7) is 6.63. The van der Waals surface area contributed by atoms with Crippen molar-refractivity contribution < 1.29 is 0 Å². The van der Waals surface area contributed by atoms with E-state index in [1.165, 1.54) is 44.5 Å². The van der Waals surface area contributed by atoms with E-state index in [1.807, 2.05) is 6.07 Å². The SMILES string of the molecule is C=C(c1cccc(-c2ccc(-c3ccccc3)cc2)c1)c1cc(-c2ccccc2)ccc1C. The van der Waals surface area contributed by atoms with Crippen molar-refractivity contribution in [3.63, 3.8) is 0 Å². The zero-order chi connectivity index (χ0) is 22.6. The summed E-state index contributed by atoms with van der Waals surface area (Å²) in [6.07, 6.45) is 0. The van der Waals surface area contributed by atoms with Crippen molar-refractivity contribution in [3.8, 4) is 33.4 Å². The fourth-order valence-electron chi connectivity index (χ4n) is 4.28. The van der Waals surface area contributed by atoms with Crippen LogP contribution >= 0.6 is 0 Å². The molecule has 33 heavy (non-hydrogen) atoms. The zero-order valence-electron chi connectivity index (χ0n) is 18.8. The molecule has 0 heterocycles. The highest BCUT2D eigenvalue weighted by atomic mass is 14.1. The summed E-state index contributed by atoms with van der Waals surface area (Å²) in [6, 6.07) is 45.1. The minimum atomic E-state index is 1.05. The highest BCUT2D eigenvalue weighted by molar-refractivity contribution is 5.84. The predicted molar refractivity (Wildman–Crippen MR) is 142 cm³/mol. The summed E-state index contributed by atoms with van der Waals surface area (Å²) in [5, 5.41) is 0. The second-order valence-electron chi connectivity index (χ2n) is 8.40. The molecule has 0 aromatic heterocycles. The Bertz CT molecular complexity index is 1390. The third-order valence-corrected chi connectivity index (χ3v) is 6.21. The molecule has 0 aliphatic heterocycles. The standard InChI is InChI=1S/C33H26/c1-24-16-17-32(27-12-7-4-8-13-27)23-33(24)25(2)30-14-9-15-31(22-30)29-20-18-28(19-21-29)26-10-5-3-6-11-26/h3-23H,2H2,1H3. The fraction of sp³-hybridized carbons (Fsp3) is 0.0303. The lowest BCUT2D eigenvalue weighted by Gasteiger charge is -2.14. The molecule has 0 atom stereocenters. The van der Waals surface area contributed by atoms with Gasteiger partial charge in [-0.05, 0) is 74.7 Å². The Morgan fingerprint density at radius 2 is 0.909 bits per heavy atom. The summed E-state index contributed by atoms with van der Waals surface area (Å²) < 4.78 is 0. The van der Waals surface area contributed by atoms with E-state index >= 15 is 0 Å². The van der Waals surface area contributed by atoms with Crippen molar-refractivity contribution in [2.45, 2.75) is 6.92 Å². The summed E-state index contributed by atoms with van der Waals surface area (Å²) in [5.41, 5.74) is 11.9. The van der Waals surface area contributed by atoms with Gasteiger partial charge in [0, 0.05) is 0 Å². The van der Waals surface area contributed by atoms with Gasteiger partial charge in [-0.1, -0.05) is 122 Å². The summed E-state index contributed by atoms with van der Waals surface area (Å²) in [7, 11) is 0. The number of hydrogen-bond acceptors (Lipinski definition) is 0. The Labute approximate surface area is 196 Å². The van der Waals surface area contributed by atoms with Crippen molar-refractivity contribution in [2.75, 3.05) is 0 Å². The molecule has 0 radical (unpaired) electrons. The van der Waals surface area contributed by atoms with E-state index in [-0.39, 0.29) is 0 Å². The molecule has 0 bridgehead atoms. The summed E-state index contributed by atoms with van der Waals surface area (Å²) in [4.78, 5) is 0. The van der Waals surface area contributed by atoms with E-state index in [0.717, 1.165) is 11.1 Å². The van der Waals surface area contributed by atoms with Gasteiger partial charge in [0.1, 0.15) is 0 Å². The Kier molecular flexibility index (Phi) is 5.74. The topological polar surface area (TPSA) is 0 Å². The molecule has 0 heteroatoms. The Hall–Kier alpha value is -4.16. The van der Waals surface area contributed by atoms with Crippen LogP contribution < -0.4 is 0 Å². The van der Waals surface area contributed by atoms with Crippen LogP contribution in [0.5, 0.6) is 0 Å². The van der Waals surface area contributed by atoms with Crippen molar-refractivity contribution in [3.05, 3.63) is 151 Å². The van der Waals surface area contributed by atoms with E-state index in [0.29, 0.717) is 0 Å². The number of aryl methyl sites for hydroxylation is 1. The molecular weight excluding hydrogens is 396 g/mol. The molecule has 0 spiro atoms. The molecule has 0 fully saturated rings. The highest BCUT2D eigenvalue weighted by Gasteiger charge is 2.10. The molecular formula is C33H26. The molecule has 0 nitrogen and oxygen atoms in total. The van der Waals surface area contributed by atoms with Gasteiger partial charge in [-0.15, -0.1) is 0 Å². The first kappa shape index (κ1) is 20.7. The Balaban J connectivity index is 1.46. The first-order chi connectivity index (χ1) is 16.2. The molecule has 5 rings (SSSR count). The average molecular weight is 423 g/mol. The van der Waals surface area contributed by atoms with Gasteiger partial charge in [0.2, 0.25) is 0 Å². The lowest BCUT2D eigenvalue weighted by molar-refractivity contribution is 1.41. The second kappa shape index (κ2) is 9.14. The number of benzene rings is 5. The monoisotopic (exact) mass is 422 g/mol. The highest BCUT2D eigenvalue weighted by Crippen LogP contribution is 2.32. The van der Waals surface area contributed by atoms with Crippen molar-refractivity contribution in [1.82, 2.24) is 0 Å². The van der Waals surface area contributed by atoms with Crippen LogP contribution in [0.25, 0.3) is 39.0 Å². The third kappa shape index (κ3) is 4.42. The molecule has 0 aliphatic rings. The van der Waals surface area contributed by atoms with E-state index in [1.54, 1.807) is 0 Å². The minimum Gasteiger partial charge on any atom is -0.0905 e. The van der Waals surface area contributed by atoms with Gasteiger partial charge in [-0.2, -0.15) is 0 Å². The minimum absolute atomic E-state index is 1.05. The van der Waals surface area contributed by atoms with E-state index in [9.17, 15) is 0 Å². The van der Waals surface area contributed by atoms with E-state index in [2.05, 4.69) is 135 Å². The van der Waals surface area contributed by atoms with Crippen LogP contribution in [0.4, 0.5) is 0 Å². The van der Waals surface area contributed by atoms with Crippen LogP contribution in [0.3, 0.4) is 0 Å². The summed E-state index contributed by atoms with van der Waals surface area (Å²) in [5.74, 6) is 0. The smallest absolute Gasteiger partial charge is 0.0148 e. The molecule has 5 aromatic carbocycles. The molecule has 0 unspecified atom stereocenters. The first-order valence-electron chi connectivity index (χ1n) is 11.3. The number of hydrogen-bond donors (Lipinski definition) is 0. The van der Waals surface area contributed by atoms with Gasteiger partial charge in [-0.3, -0.25) is 0 Å². The molecule has 0 aliphatic carbocycles. The molecule has 0 saturated carbocycles. The maximum Gasteiger partial charge on any atom is -0.0148 e. The maximum atomic E-state index is 4.48. The third-order valence-electron chi connectivity index (χ3n) is 6.21. The van der Waals surface area contributed by atoms with Crippen LogP contribution in [0, 0.1) is 6.92 Å². The lowest BCUT2D eigenvalue weighted by atomic mass is 9.91. The van der Waals surface area contributed by atoms with E-state index in [4.69, 9.17) is 0 Å². The van der Waals surface area contributed by atoms with Gasteiger partial charge in [0.05, 0.1) is 0 Å². The predicted octanol–water partition coefficient (Wildman–Crippen LogP) is 9.06. The fourth-order valence-corrected chi connectivity index (χ4v) is 4.28. The zero-order valence-corrected chi connectivity index (χ0v) is 18.8. The Morgan fingerprint density at radius 3 is 1.55 bits per heavy atom. The van der Waals surface area contributed by atoms with Gasteiger partial charge in [0.15, 0.2) is 0 Å². The Morgan fingerprint density at radius 1 is 0.455 bits per heavy atom. The van der Waals surface area contributed by atoms with E-state index < -0.39 is 0 Å². The molecule has 5 aromatic rings. The van der Waals surface area contributed by atoms with Crippen LogP contribution in [-0.2, 0) is 0 Å². The quantitative estimate of drug-likeness (QED) is 0.265. The van der Waals surface area contributed by atoms with Crippen LogP contribution in [0.2, 0.25) is 0 Å². The normalized spacial score (nSPS) is 10.7. The molecule has 0 amide bonds. The van der Waals surface area contributed by atoms with Crippen LogP contribution in [0.15, 0.2) is 134 Å².